The Morgan fingerprint density at radius 2 is 1.68 bits per heavy atom. The molecule has 406 valence electrons. The number of halogens is 2. The van der Waals surface area contributed by atoms with Gasteiger partial charge in [-0.25, -0.2) is 9.59 Å². The molecule has 0 unspecified atom stereocenters. The van der Waals surface area contributed by atoms with Gasteiger partial charge in [-0.3, -0.25) is 24.0 Å². The van der Waals surface area contributed by atoms with Crippen molar-refractivity contribution in [3.63, 3.8) is 0 Å². The van der Waals surface area contributed by atoms with Crippen molar-refractivity contribution in [1.29, 1.82) is 0 Å². The largest absolute Gasteiger partial charge is 0.508 e. The number of Topliss-reactive ketones (excluding diaryl/α,β-unsaturated/α-hetero) is 1. The number of aliphatic hydroxyl groups is 4. The predicted octanol–water partition coefficient (Wildman–Crippen LogP) is 5.50. The average molecular weight is 1100 g/mol. The number of aliphatic hydroxyl groups excluding tert-OH is 4. The number of aryl methyl sites for hydroxylation is 1. The number of nitrogens with one attached hydrogen (secondary N) is 3. The van der Waals surface area contributed by atoms with Gasteiger partial charge in [0.1, 0.15) is 48.9 Å². The summed E-state index contributed by atoms with van der Waals surface area (Å²) >= 11 is 13.5. The van der Waals surface area contributed by atoms with Crippen molar-refractivity contribution in [2.75, 3.05) is 31.3 Å². The number of esters is 1. The molecule has 0 bridgehead atoms. The van der Waals surface area contributed by atoms with Crippen molar-refractivity contribution in [3.8, 4) is 0 Å². The summed E-state index contributed by atoms with van der Waals surface area (Å²) in [5, 5.41) is 56.5. The molecular weight excluding hydrogens is 1030 g/mol. The zero-order valence-corrected chi connectivity index (χ0v) is 45.3. The Kier molecular flexibility index (Phi) is 26.6. The average Bonchev–Trinajstić information content (AvgIpc) is 3.34. The highest BCUT2D eigenvalue weighted by atomic mass is 35.5. The van der Waals surface area contributed by atoms with Crippen LogP contribution in [0.3, 0.4) is 0 Å². The minimum Gasteiger partial charge on any atom is -0.480 e. The number of carboxylic acid groups (broad SMARTS) is 1. The van der Waals surface area contributed by atoms with Gasteiger partial charge in [-0.2, -0.15) is 0 Å². The summed E-state index contributed by atoms with van der Waals surface area (Å²) in [5.74, 6) is -7.55. The van der Waals surface area contributed by atoms with Crippen LogP contribution in [0.1, 0.15) is 89.3 Å². The van der Waals surface area contributed by atoms with E-state index in [1.54, 1.807) is 63.2 Å². The van der Waals surface area contributed by atoms with E-state index in [0.717, 1.165) is 27.2 Å². The van der Waals surface area contributed by atoms with E-state index in [4.69, 9.17) is 42.5 Å². The number of alkyl halides is 1. The summed E-state index contributed by atoms with van der Waals surface area (Å²) in [7, 11) is 2.16. The molecule has 0 aliphatic carbocycles. The van der Waals surface area contributed by atoms with E-state index >= 15 is 0 Å². The van der Waals surface area contributed by atoms with E-state index in [-0.39, 0.29) is 68.5 Å². The number of aliphatic carboxylic acids is 1. The normalized spacial score (nSPS) is 21.7. The van der Waals surface area contributed by atoms with Crippen LogP contribution in [0.25, 0.3) is 0 Å². The molecule has 73 heavy (non-hydrogen) atoms. The Morgan fingerprint density at radius 3 is 2.30 bits per heavy atom. The van der Waals surface area contributed by atoms with Crippen LogP contribution in [0.4, 0.5) is 4.79 Å². The van der Waals surface area contributed by atoms with Crippen LogP contribution >= 0.6 is 44.8 Å². The Morgan fingerprint density at radius 1 is 1.00 bits per heavy atom. The monoisotopic (exact) mass is 1100 g/mol. The van der Waals surface area contributed by atoms with E-state index in [1.807, 2.05) is 26.8 Å². The Bertz CT molecular complexity index is 2190. The van der Waals surface area contributed by atoms with Crippen molar-refractivity contribution in [2.24, 2.45) is 29.1 Å². The van der Waals surface area contributed by atoms with E-state index in [0.29, 0.717) is 16.1 Å². The lowest BCUT2D eigenvalue weighted by Gasteiger charge is -2.34. The minimum absolute atomic E-state index is 0.0181. The van der Waals surface area contributed by atoms with Gasteiger partial charge in [0.05, 0.1) is 29.9 Å². The number of rotatable bonds is 23. The summed E-state index contributed by atoms with van der Waals surface area (Å²) < 4.78 is 17.6. The molecular formula is C51H71Cl2N3O15S2. The number of carbonyl (C=O) groups excluding carboxylic acids is 6. The zero-order chi connectivity index (χ0) is 54.6. The molecule has 3 rings (SSSR count). The molecule has 1 aliphatic rings. The number of benzene rings is 2. The molecule has 0 fully saturated rings. The summed E-state index contributed by atoms with van der Waals surface area (Å²) in [4.78, 5) is 93.9. The van der Waals surface area contributed by atoms with Gasteiger partial charge in [0.15, 0.2) is 0 Å². The fourth-order valence-corrected chi connectivity index (χ4v) is 10.4. The number of amides is 3. The molecule has 0 saturated carbocycles. The maximum Gasteiger partial charge on any atom is 0.508 e. The maximum absolute atomic E-state index is 14.2. The van der Waals surface area contributed by atoms with Crippen LogP contribution in [-0.2, 0) is 49.4 Å². The van der Waals surface area contributed by atoms with Crippen molar-refractivity contribution >= 4 is 86.4 Å². The van der Waals surface area contributed by atoms with Crippen LogP contribution in [0.2, 0.25) is 5.02 Å². The van der Waals surface area contributed by atoms with Gasteiger partial charge in [-0.05, 0) is 54.5 Å². The van der Waals surface area contributed by atoms with Crippen LogP contribution in [-0.4, -0.2) is 141 Å². The smallest absolute Gasteiger partial charge is 0.480 e. The molecule has 1 aliphatic heterocycles. The molecule has 3 amide bonds. The molecule has 1 heterocycles. The van der Waals surface area contributed by atoms with Crippen molar-refractivity contribution < 1.29 is 73.3 Å². The fraction of sp³-hybridized carbons (Fsp3) is 0.588. The molecule has 18 nitrogen and oxygen atoms in total. The Hall–Kier alpha value is -4.41. The molecule has 2 aromatic rings. The van der Waals surface area contributed by atoms with E-state index < -0.39 is 114 Å². The fourth-order valence-electron chi connectivity index (χ4n) is 7.77. The number of ketones is 1. The molecule has 8 N–H and O–H groups in total. The third-order valence-corrected chi connectivity index (χ3v) is 15.7. The SMILES string of the molecule is CC[C@H](C(=O)N[C@H](CSSCCOC(=O)O[C@H]([C@@H](C)[C@@H]1C/C=C/C(=O)N[C@H](Cc2ccc(C)c(Cl)c2)C(=O)NCC(C)(C)C(=O)C[C@@H](CC(C)C)C(=O)O1)[C@@H](Cl)c1ccccc1)C(=O)O)[C@@H](O)[C@H](O)[C@H](O)CO. The quantitative estimate of drug-likeness (QED) is 0.0295. The second kappa shape index (κ2) is 30.8. The molecule has 2 aromatic carbocycles. The lowest BCUT2D eigenvalue weighted by molar-refractivity contribution is -0.161. The number of ether oxygens (including phenoxy) is 3. The maximum atomic E-state index is 14.2. The lowest BCUT2D eigenvalue weighted by atomic mass is 9.81. The molecule has 0 spiro atoms. The number of carbonyl (C=O) groups is 7. The first-order chi connectivity index (χ1) is 34.4. The van der Waals surface area contributed by atoms with Crippen LogP contribution < -0.4 is 16.0 Å². The second-order valence-electron chi connectivity index (χ2n) is 19.1. The predicted molar refractivity (Wildman–Crippen MR) is 279 cm³/mol. The van der Waals surface area contributed by atoms with E-state index in [9.17, 15) is 54.0 Å². The second-order valence-corrected chi connectivity index (χ2v) is 22.6. The van der Waals surface area contributed by atoms with Gasteiger partial charge in [0, 0.05) is 53.7 Å². The van der Waals surface area contributed by atoms with Crippen LogP contribution in [0, 0.1) is 36.0 Å². The van der Waals surface area contributed by atoms with Crippen LogP contribution in [0.5, 0.6) is 0 Å². The Labute approximate surface area is 444 Å². The summed E-state index contributed by atoms with van der Waals surface area (Å²) in [5.41, 5.74) is 0.946. The number of carboxylic acids is 1. The van der Waals surface area contributed by atoms with Gasteiger partial charge in [0.2, 0.25) is 17.7 Å². The minimum atomic E-state index is -1.86. The van der Waals surface area contributed by atoms with E-state index in [1.165, 1.54) is 19.1 Å². The first kappa shape index (κ1) is 62.9. The summed E-state index contributed by atoms with van der Waals surface area (Å²) in [6.07, 6.45) is -6.06. The first-order valence-electron chi connectivity index (χ1n) is 24.1. The number of hydrogen-bond acceptors (Lipinski definition) is 16. The van der Waals surface area contributed by atoms with Crippen LogP contribution in [0.15, 0.2) is 60.7 Å². The lowest BCUT2D eigenvalue weighted by Crippen LogP contribution is -2.51. The van der Waals surface area contributed by atoms with Crippen molar-refractivity contribution in [2.45, 2.75) is 129 Å². The molecule has 11 atom stereocenters. The summed E-state index contributed by atoms with van der Waals surface area (Å²) in [6, 6.07) is 11.5. The summed E-state index contributed by atoms with van der Waals surface area (Å²) in [6.45, 7) is 11.0. The standard InChI is InChI=1S/C51H71Cl2N3O15S2/c1-8-34(43(61)44(62)38(58)25-57)46(63)56-37(48(65)66)26-73-72-20-19-69-50(68)71-45(42(53)32-13-10-9-11-14-32)30(5)39-15-12-16-41(60)55-36(23-31-18-17-29(4)35(52)22-31)47(64)54-27-51(6,7)40(59)24-33(21-28(2)3)49(67)70-39/h9-14,16-18,22,28,30,33-34,36-39,42-45,57-58,61-62H,8,15,19-21,23-27H2,1-7H3,(H,54,64)(H,55,60)(H,56,63)(H,65,66)/b16-12+/t30-,33+,34-,36+,37+,38+,39-,42-,43+,44+,45+/m0/s1. The molecule has 0 saturated heterocycles. The number of cyclic esters (lactones) is 1. The van der Waals surface area contributed by atoms with Crippen molar-refractivity contribution in [3.05, 3.63) is 82.4 Å². The Balaban J connectivity index is 1.85. The molecule has 0 radical (unpaired) electrons. The molecule has 0 aromatic heterocycles. The van der Waals surface area contributed by atoms with Gasteiger partial charge < -0.3 is 55.7 Å². The highest BCUT2D eigenvalue weighted by Gasteiger charge is 2.40. The third kappa shape index (κ3) is 20.3. The third-order valence-electron chi connectivity index (χ3n) is 12.4. The topological polar surface area (TPSA) is 284 Å². The van der Waals surface area contributed by atoms with Crippen molar-refractivity contribution in [1.82, 2.24) is 16.0 Å². The van der Waals surface area contributed by atoms with Gasteiger partial charge in [-0.15, -0.1) is 11.6 Å². The number of hydrogen-bond donors (Lipinski definition) is 8. The highest BCUT2D eigenvalue weighted by molar-refractivity contribution is 8.76. The van der Waals surface area contributed by atoms with Gasteiger partial charge in [0.25, 0.3) is 0 Å². The first-order valence-corrected chi connectivity index (χ1v) is 27.4. The molecule has 22 heteroatoms. The van der Waals surface area contributed by atoms with E-state index in [2.05, 4.69) is 16.0 Å². The zero-order valence-electron chi connectivity index (χ0n) is 42.2. The highest BCUT2D eigenvalue weighted by Crippen LogP contribution is 2.36. The van der Waals surface area contributed by atoms with Gasteiger partial charge in [-0.1, -0.05) is 123 Å². The van der Waals surface area contributed by atoms with Gasteiger partial charge >= 0.3 is 18.1 Å².